The van der Waals surface area contributed by atoms with Crippen LogP contribution in [-0.4, -0.2) is 40.6 Å². The van der Waals surface area contributed by atoms with Gasteiger partial charge in [-0.2, -0.15) is 0 Å². The van der Waals surface area contributed by atoms with Crippen molar-refractivity contribution in [2.24, 2.45) is 5.92 Å². The quantitative estimate of drug-likeness (QED) is 0.687. The normalized spacial score (nSPS) is 17.2. The number of carbonyl (C=O) groups excluding carboxylic acids is 1. The van der Waals surface area contributed by atoms with E-state index >= 15 is 0 Å². The first-order chi connectivity index (χ1) is 14.3. The monoisotopic (exact) mass is 388 g/mol. The first kappa shape index (κ1) is 17.9. The molecule has 1 amide bonds. The predicted molar refractivity (Wildman–Crippen MR) is 110 cm³/mol. The van der Waals surface area contributed by atoms with E-state index in [9.17, 15) is 4.79 Å². The van der Waals surface area contributed by atoms with E-state index in [0.29, 0.717) is 5.91 Å². The van der Waals surface area contributed by atoms with Crippen LogP contribution in [0.3, 0.4) is 0 Å². The fraction of sp³-hybridized carbons (Fsp3) is 0.348. The van der Waals surface area contributed by atoms with E-state index in [1.807, 2.05) is 29.2 Å². The Labute approximate surface area is 170 Å². The standard InChI is InChI=1S/C23H24N4O2/c28-23(27-14-9-17-4-1-2-5-19(17)16-27)18-10-12-26(13-11-18)22-8-7-20(24-25-22)21-6-3-15-29-21/h1-8,15,18H,9-14,16H2. The minimum atomic E-state index is 0.104. The molecule has 2 aromatic heterocycles. The number of hydrogen-bond acceptors (Lipinski definition) is 5. The van der Waals surface area contributed by atoms with E-state index in [-0.39, 0.29) is 5.92 Å². The Balaban J connectivity index is 1.19. The molecular formula is C23H24N4O2. The maximum Gasteiger partial charge on any atom is 0.226 e. The summed E-state index contributed by atoms with van der Waals surface area (Å²) in [6.45, 7) is 3.23. The molecule has 0 unspecified atom stereocenters. The van der Waals surface area contributed by atoms with E-state index in [1.165, 1.54) is 11.1 Å². The number of carbonyl (C=O) groups is 1. The third-order valence-electron chi connectivity index (χ3n) is 6.03. The summed E-state index contributed by atoms with van der Waals surface area (Å²) in [4.78, 5) is 17.3. The third-order valence-corrected chi connectivity index (χ3v) is 6.03. The number of amides is 1. The highest BCUT2D eigenvalue weighted by atomic mass is 16.3. The van der Waals surface area contributed by atoms with Gasteiger partial charge in [0.25, 0.3) is 0 Å². The van der Waals surface area contributed by atoms with E-state index in [4.69, 9.17) is 4.42 Å². The molecule has 29 heavy (non-hydrogen) atoms. The number of nitrogens with zero attached hydrogens (tertiary/aromatic N) is 4. The summed E-state index contributed by atoms with van der Waals surface area (Å²) in [5.41, 5.74) is 3.40. The highest BCUT2D eigenvalue weighted by molar-refractivity contribution is 5.79. The lowest BCUT2D eigenvalue weighted by molar-refractivity contribution is -0.137. The Bertz CT molecular complexity index is 976. The number of benzene rings is 1. The topological polar surface area (TPSA) is 62.5 Å². The van der Waals surface area contributed by atoms with Gasteiger partial charge in [0, 0.05) is 32.1 Å². The first-order valence-electron chi connectivity index (χ1n) is 10.3. The zero-order chi connectivity index (χ0) is 19.6. The largest absolute Gasteiger partial charge is 0.463 e. The van der Waals surface area contributed by atoms with E-state index in [0.717, 1.165) is 62.7 Å². The second-order valence-corrected chi connectivity index (χ2v) is 7.79. The molecule has 1 saturated heterocycles. The van der Waals surface area contributed by atoms with Crippen molar-refractivity contribution in [1.82, 2.24) is 15.1 Å². The number of hydrogen-bond donors (Lipinski definition) is 0. The highest BCUT2D eigenvalue weighted by Gasteiger charge is 2.30. The zero-order valence-electron chi connectivity index (χ0n) is 16.3. The molecular weight excluding hydrogens is 364 g/mol. The average Bonchev–Trinajstić information content (AvgIpc) is 3.33. The van der Waals surface area contributed by atoms with Crippen LogP contribution in [0.5, 0.6) is 0 Å². The molecule has 2 aliphatic rings. The van der Waals surface area contributed by atoms with Crippen LogP contribution in [0.25, 0.3) is 11.5 Å². The van der Waals surface area contributed by atoms with Crippen molar-refractivity contribution in [3.8, 4) is 11.5 Å². The lowest BCUT2D eigenvalue weighted by Gasteiger charge is -2.36. The van der Waals surface area contributed by atoms with Gasteiger partial charge < -0.3 is 14.2 Å². The van der Waals surface area contributed by atoms with Crippen molar-refractivity contribution in [3.05, 3.63) is 65.9 Å². The lowest BCUT2D eigenvalue weighted by atomic mass is 9.93. The number of rotatable bonds is 3. The number of piperidine rings is 1. The molecule has 0 bridgehead atoms. The van der Waals surface area contributed by atoms with Gasteiger partial charge in [0.1, 0.15) is 5.69 Å². The molecule has 6 nitrogen and oxygen atoms in total. The fourth-order valence-electron chi connectivity index (χ4n) is 4.35. The second kappa shape index (κ2) is 7.70. The van der Waals surface area contributed by atoms with Crippen LogP contribution in [0.2, 0.25) is 0 Å². The summed E-state index contributed by atoms with van der Waals surface area (Å²) in [7, 11) is 0. The maximum atomic E-state index is 13.1. The smallest absolute Gasteiger partial charge is 0.226 e. The molecule has 6 heteroatoms. The molecule has 2 aliphatic heterocycles. The number of fused-ring (bicyclic) bond motifs is 1. The molecule has 3 aromatic rings. The lowest BCUT2D eigenvalue weighted by Crippen LogP contribution is -2.44. The average molecular weight is 388 g/mol. The van der Waals surface area contributed by atoms with Crippen LogP contribution in [0.4, 0.5) is 5.82 Å². The molecule has 0 spiro atoms. The first-order valence-corrected chi connectivity index (χ1v) is 10.3. The highest BCUT2D eigenvalue weighted by Crippen LogP contribution is 2.27. The Morgan fingerprint density at radius 2 is 1.76 bits per heavy atom. The van der Waals surface area contributed by atoms with Gasteiger partial charge in [0.15, 0.2) is 11.6 Å². The minimum absolute atomic E-state index is 0.104. The summed E-state index contributed by atoms with van der Waals surface area (Å²) in [5.74, 6) is 1.99. The van der Waals surface area contributed by atoms with Crippen molar-refractivity contribution in [1.29, 1.82) is 0 Å². The summed E-state index contributed by atoms with van der Waals surface area (Å²) >= 11 is 0. The van der Waals surface area contributed by atoms with Gasteiger partial charge >= 0.3 is 0 Å². The van der Waals surface area contributed by atoms with Crippen molar-refractivity contribution >= 4 is 11.7 Å². The Hall–Kier alpha value is -3.15. The van der Waals surface area contributed by atoms with Crippen LogP contribution in [0, 0.1) is 5.92 Å². The van der Waals surface area contributed by atoms with Gasteiger partial charge in [-0.15, -0.1) is 10.2 Å². The summed E-state index contributed by atoms with van der Waals surface area (Å²) in [6.07, 6.45) is 4.31. The van der Waals surface area contributed by atoms with Gasteiger partial charge in [-0.05, 0) is 54.7 Å². The van der Waals surface area contributed by atoms with Crippen LogP contribution < -0.4 is 4.90 Å². The van der Waals surface area contributed by atoms with Crippen LogP contribution >= 0.6 is 0 Å². The van der Waals surface area contributed by atoms with Gasteiger partial charge in [0.05, 0.1) is 6.26 Å². The van der Waals surface area contributed by atoms with E-state index in [1.54, 1.807) is 6.26 Å². The van der Waals surface area contributed by atoms with E-state index in [2.05, 4.69) is 39.4 Å². The van der Waals surface area contributed by atoms with Crippen molar-refractivity contribution < 1.29 is 9.21 Å². The van der Waals surface area contributed by atoms with Crippen LogP contribution in [0.15, 0.2) is 59.2 Å². The van der Waals surface area contributed by atoms with E-state index < -0.39 is 0 Å². The molecule has 1 fully saturated rings. The third kappa shape index (κ3) is 3.62. The molecule has 0 aliphatic carbocycles. The van der Waals surface area contributed by atoms with Gasteiger partial charge in [0.2, 0.25) is 5.91 Å². The van der Waals surface area contributed by atoms with Gasteiger partial charge in [-0.1, -0.05) is 24.3 Å². The molecule has 148 valence electrons. The maximum absolute atomic E-state index is 13.1. The van der Waals surface area contributed by atoms with Gasteiger partial charge in [-0.3, -0.25) is 4.79 Å². The van der Waals surface area contributed by atoms with Gasteiger partial charge in [-0.25, -0.2) is 0 Å². The van der Waals surface area contributed by atoms with Crippen molar-refractivity contribution in [2.75, 3.05) is 24.5 Å². The minimum Gasteiger partial charge on any atom is -0.463 e. The SMILES string of the molecule is O=C(C1CCN(c2ccc(-c3ccco3)nn2)CC1)N1CCc2ccccc2C1. The second-order valence-electron chi connectivity index (χ2n) is 7.79. The van der Waals surface area contributed by atoms with Crippen molar-refractivity contribution in [2.45, 2.75) is 25.8 Å². The Morgan fingerprint density at radius 3 is 2.48 bits per heavy atom. The van der Waals surface area contributed by atoms with Crippen molar-refractivity contribution in [3.63, 3.8) is 0 Å². The molecule has 0 saturated carbocycles. The molecule has 5 rings (SSSR count). The Morgan fingerprint density at radius 1 is 0.931 bits per heavy atom. The fourth-order valence-corrected chi connectivity index (χ4v) is 4.35. The molecule has 4 heterocycles. The number of aromatic nitrogens is 2. The summed E-state index contributed by atoms with van der Waals surface area (Å²) < 4.78 is 5.37. The Kier molecular flexibility index (Phi) is 4.76. The number of furan rings is 1. The molecule has 1 aromatic carbocycles. The molecule has 0 N–H and O–H groups in total. The molecule has 0 radical (unpaired) electrons. The zero-order valence-corrected chi connectivity index (χ0v) is 16.3. The summed E-state index contributed by atoms with van der Waals surface area (Å²) in [6, 6.07) is 16.1. The van der Waals surface area contributed by atoms with Crippen LogP contribution in [-0.2, 0) is 17.8 Å². The summed E-state index contributed by atoms with van der Waals surface area (Å²) in [5, 5.41) is 8.65. The predicted octanol–water partition coefficient (Wildman–Crippen LogP) is 3.54. The number of anilines is 1. The molecule has 0 atom stereocenters. The van der Waals surface area contributed by atoms with Crippen LogP contribution in [0.1, 0.15) is 24.0 Å².